The Kier molecular flexibility index (Phi) is 4.31. The highest BCUT2D eigenvalue weighted by atomic mass is 32.2. The van der Waals surface area contributed by atoms with Crippen molar-refractivity contribution in [2.24, 2.45) is 0 Å². The number of rotatable bonds is 4. The molecular formula is C13H17FN2O2S. The Balaban J connectivity index is 2.19. The Morgan fingerprint density at radius 1 is 1.37 bits per heavy atom. The van der Waals surface area contributed by atoms with E-state index < -0.39 is 10.8 Å². The van der Waals surface area contributed by atoms with E-state index in [2.05, 4.69) is 5.32 Å². The van der Waals surface area contributed by atoms with Crippen molar-refractivity contribution in [2.75, 3.05) is 18.6 Å². The van der Waals surface area contributed by atoms with Gasteiger partial charge < -0.3 is 4.90 Å². The summed E-state index contributed by atoms with van der Waals surface area (Å²) in [6.45, 7) is 2.23. The summed E-state index contributed by atoms with van der Waals surface area (Å²) in [5, 5.41) is 3.17. The molecule has 1 N–H and O–H groups in total. The molecule has 0 spiro atoms. The number of hydrogen-bond donors (Lipinski definition) is 1. The van der Waals surface area contributed by atoms with Crippen molar-refractivity contribution in [3.63, 3.8) is 0 Å². The van der Waals surface area contributed by atoms with Crippen LogP contribution in [0.5, 0.6) is 0 Å². The van der Waals surface area contributed by atoms with E-state index in [0.717, 1.165) is 5.56 Å². The second kappa shape index (κ2) is 5.79. The first-order chi connectivity index (χ1) is 8.99. The van der Waals surface area contributed by atoms with E-state index in [1.807, 2.05) is 0 Å². The molecule has 3 atom stereocenters. The fraction of sp³-hybridized carbons (Fsp3) is 0.462. The Morgan fingerprint density at radius 2 is 2.00 bits per heavy atom. The van der Waals surface area contributed by atoms with Gasteiger partial charge in [0.25, 0.3) is 0 Å². The first kappa shape index (κ1) is 14.1. The summed E-state index contributed by atoms with van der Waals surface area (Å²) >= 11 is 0. The molecule has 2 rings (SSSR count). The second-order valence-corrected chi connectivity index (χ2v) is 6.21. The van der Waals surface area contributed by atoms with Gasteiger partial charge in [-0.3, -0.25) is 14.3 Å². The van der Waals surface area contributed by atoms with Crippen LogP contribution in [-0.4, -0.2) is 39.6 Å². The number of hydrogen-bond acceptors (Lipinski definition) is 3. The summed E-state index contributed by atoms with van der Waals surface area (Å²) < 4.78 is 24.1. The lowest BCUT2D eigenvalue weighted by molar-refractivity contribution is -0.129. The molecule has 6 heteroatoms. The van der Waals surface area contributed by atoms with Gasteiger partial charge in [-0.15, -0.1) is 0 Å². The fourth-order valence-electron chi connectivity index (χ4n) is 2.16. The lowest BCUT2D eigenvalue weighted by Gasteiger charge is -2.24. The van der Waals surface area contributed by atoms with E-state index in [1.165, 1.54) is 12.1 Å². The van der Waals surface area contributed by atoms with Crippen LogP contribution in [-0.2, 0) is 15.6 Å². The highest BCUT2D eigenvalue weighted by molar-refractivity contribution is 7.84. The number of amides is 1. The molecule has 0 saturated carbocycles. The third kappa shape index (κ3) is 3.19. The normalized spacial score (nSPS) is 24.8. The van der Waals surface area contributed by atoms with Gasteiger partial charge in [0.15, 0.2) is 0 Å². The number of nitrogens with zero attached hydrogens (tertiary/aromatic N) is 1. The number of carbonyl (C=O) groups is 1. The standard InChI is InChI=1S/C13H17FN2O2S/c1-9-13(17)16(7-8-19(2)18)12(15-9)10-3-5-11(14)6-4-10/h3-6,9,12,15H,7-8H2,1-2H3. The minimum atomic E-state index is -0.944. The largest absolute Gasteiger partial charge is 0.321 e. The summed E-state index contributed by atoms with van der Waals surface area (Å²) in [6, 6.07) is 5.80. The third-order valence-electron chi connectivity index (χ3n) is 3.18. The van der Waals surface area contributed by atoms with Crippen LogP contribution in [0, 0.1) is 5.82 Å². The average Bonchev–Trinajstić information content (AvgIpc) is 2.64. The van der Waals surface area contributed by atoms with Crippen molar-refractivity contribution < 1.29 is 13.4 Å². The van der Waals surface area contributed by atoms with Crippen molar-refractivity contribution in [3.05, 3.63) is 35.6 Å². The third-order valence-corrected chi connectivity index (χ3v) is 3.94. The van der Waals surface area contributed by atoms with Crippen LogP contribution in [0.25, 0.3) is 0 Å². The van der Waals surface area contributed by atoms with E-state index >= 15 is 0 Å². The molecule has 1 amide bonds. The molecule has 1 saturated heterocycles. The van der Waals surface area contributed by atoms with Gasteiger partial charge in [-0.1, -0.05) is 12.1 Å². The van der Waals surface area contributed by atoms with Gasteiger partial charge >= 0.3 is 0 Å². The maximum Gasteiger partial charge on any atom is 0.241 e. The maximum atomic E-state index is 12.9. The van der Waals surface area contributed by atoms with E-state index in [4.69, 9.17) is 0 Å². The average molecular weight is 284 g/mol. The molecule has 104 valence electrons. The molecule has 0 aromatic heterocycles. The van der Waals surface area contributed by atoms with Gasteiger partial charge in [-0.25, -0.2) is 4.39 Å². The van der Waals surface area contributed by atoms with Gasteiger partial charge in [-0.05, 0) is 24.6 Å². The van der Waals surface area contributed by atoms with Crippen molar-refractivity contribution in [1.82, 2.24) is 10.2 Å². The van der Waals surface area contributed by atoms with Crippen LogP contribution >= 0.6 is 0 Å². The van der Waals surface area contributed by atoms with Gasteiger partial charge in [0, 0.05) is 29.4 Å². The molecule has 1 aliphatic rings. The second-order valence-electron chi connectivity index (χ2n) is 4.65. The summed E-state index contributed by atoms with van der Waals surface area (Å²) in [5.41, 5.74) is 0.834. The number of benzene rings is 1. The maximum absolute atomic E-state index is 12.9. The van der Waals surface area contributed by atoms with E-state index in [9.17, 15) is 13.4 Å². The molecule has 0 radical (unpaired) electrons. The molecule has 4 nitrogen and oxygen atoms in total. The van der Waals surface area contributed by atoms with Gasteiger partial charge in [-0.2, -0.15) is 0 Å². The molecule has 0 aliphatic carbocycles. The van der Waals surface area contributed by atoms with E-state index in [0.29, 0.717) is 12.3 Å². The number of halogens is 1. The van der Waals surface area contributed by atoms with Gasteiger partial charge in [0.2, 0.25) is 5.91 Å². The monoisotopic (exact) mass is 284 g/mol. The Bertz CT molecular complexity index is 492. The van der Waals surface area contributed by atoms with Crippen LogP contribution in [0.15, 0.2) is 24.3 Å². The van der Waals surface area contributed by atoms with E-state index in [-0.39, 0.29) is 23.9 Å². The number of carbonyl (C=O) groups excluding carboxylic acids is 1. The molecule has 0 bridgehead atoms. The predicted molar refractivity (Wildman–Crippen MR) is 72.4 cm³/mol. The summed E-state index contributed by atoms with van der Waals surface area (Å²) in [7, 11) is -0.944. The zero-order valence-electron chi connectivity index (χ0n) is 10.9. The van der Waals surface area contributed by atoms with Crippen molar-refractivity contribution >= 4 is 16.7 Å². The SMILES string of the molecule is CC1NC(c2ccc(F)cc2)N(CCS(C)=O)C1=O. The Hall–Kier alpha value is -1.27. The molecule has 1 heterocycles. The topological polar surface area (TPSA) is 49.4 Å². The molecular weight excluding hydrogens is 267 g/mol. The zero-order valence-corrected chi connectivity index (χ0v) is 11.7. The summed E-state index contributed by atoms with van der Waals surface area (Å²) in [6.07, 6.45) is 1.34. The minimum Gasteiger partial charge on any atom is -0.321 e. The smallest absolute Gasteiger partial charge is 0.241 e. The molecule has 1 aromatic carbocycles. The molecule has 3 unspecified atom stereocenters. The van der Waals surface area contributed by atoms with E-state index in [1.54, 1.807) is 30.2 Å². The fourth-order valence-corrected chi connectivity index (χ4v) is 2.62. The highest BCUT2D eigenvalue weighted by Crippen LogP contribution is 2.25. The van der Waals surface area contributed by atoms with Crippen molar-refractivity contribution in [3.8, 4) is 0 Å². The first-order valence-corrected chi connectivity index (χ1v) is 7.84. The van der Waals surface area contributed by atoms with Crippen LogP contribution in [0.3, 0.4) is 0 Å². The van der Waals surface area contributed by atoms with Crippen LogP contribution in [0.4, 0.5) is 4.39 Å². The van der Waals surface area contributed by atoms with Crippen molar-refractivity contribution in [2.45, 2.75) is 19.1 Å². The highest BCUT2D eigenvalue weighted by Gasteiger charge is 2.36. The predicted octanol–water partition coefficient (Wildman–Crippen LogP) is 1.02. The van der Waals surface area contributed by atoms with Crippen molar-refractivity contribution in [1.29, 1.82) is 0 Å². The molecule has 1 fully saturated rings. The van der Waals surface area contributed by atoms with Gasteiger partial charge in [0.1, 0.15) is 12.0 Å². The zero-order chi connectivity index (χ0) is 14.0. The Morgan fingerprint density at radius 3 is 2.58 bits per heavy atom. The lowest BCUT2D eigenvalue weighted by atomic mass is 10.1. The minimum absolute atomic E-state index is 0.0141. The molecule has 1 aliphatic heterocycles. The lowest BCUT2D eigenvalue weighted by Crippen LogP contribution is -2.33. The van der Waals surface area contributed by atoms with Gasteiger partial charge in [0.05, 0.1) is 6.04 Å². The number of nitrogens with one attached hydrogen (secondary N) is 1. The molecule has 1 aromatic rings. The quantitative estimate of drug-likeness (QED) is 0.898. The van der Waals surface area contributed by atoms with Crippen LogP contribution in [0.1, 0.15) is 18.7 Å². The molecule has 19 heavy (non-hydrogen) atoms. The Labute approximate surface area is 114 Å². The summed E-state index contributed by atoms with van der Waals surface area (Å²) in [4.78, 5) is 13.7. The van der Waals surface area contributed by atoms with Crippen LogP contribution < -0.4 is 5.32 Å². The first-order valence-electron chi connectivity index (χ1n) is 6.11. The van der Waals surface area contributed by atoms with Crippen LogP contribution in [0.2, 0.25) is 0 Å². The summed E-state index contributed by atoms with van der Waals surface area (Å²) in [5.74, 6) is 0.125.